The zero-order chi connectivity index (χ0) is 9.56. The van der Waals surface area contributed by atoms with E-state index in [-0.39, 0.29) is 12.0 Å². The molecule has 0 aliphatic carbocycles. The molecule has 12 heavy (non-hydrogen) atoms. The van der Waals surface area contributed by atoms with Gasteiger partial charge in [-0.15, -0.1) is 0 Å². The molecule has 0 radical (unpaired) electrons. The van der Waals surface area contributed by atoms with Crippen molar-refractivity contribution in [2.75, 3.05) is 7.11 Å². The van der Waals surface area contributed by atoms with Crippen molar-refractivity contribution in [2.24, 2.45) is 0 Å². The minimum absolute atomic E-state index is 0.201. The quantitative estimate of drug-likeness (QED) is 0.507. The van der Waals surface area contributed by atoms with Crippen LogP contribution in [0.1, 0.15) is 19.8 Å². The third kappa shape index (κ3) is 3.75. The Morgan fingerprint density at radius 3 is 2.42 bits per heavy atom. The summed E-state index contributed by atoms with van der Waals surface area (Å²) in [6.45, 7) is 1.82. The summed E-state index contributed by atoms with van der Waals surface area (Å²) in [6, 6.07) is 0. The summed E-state index contributed by atoms with van der Waals surface area (Å²) in [5.74, 6) is -1.60. The molecule has 0 aromatic carbocycles. The predicted octanol–water partition coefficient (Wildman–Crippen LogP) is 0.970. The van der Waals surface area contributed by atoms with E-state index in [0.717, 1.165) is 0 Å². The van der Waals surface area contributed by atoms with Crippen LogP contribution < -0.4 is 0 Å². The van der Waals surface area contributed by atoms with Crippen LogP contribution in [-0.4, -0.2) is 24.2 Å². The van der Waals surface area contributed by atoms with Gasteiger partial charge in [0.05, 0.1) is 13.5 Å². The predicted molar refractivity (Wildman–Crippen MR) is 42.6 cm³/mol. The van der Waals surface area contributed by atoms with Gasteiger partial charge >= 0.3 is 11.9 Å². The summed E-state index contributed by atoms with van der Waals surface area (Å²) in [4.78, 5) is 21.1. The normalized spacial score (nSPS) is 11.0. The Bertz CT molecular complexity index is 205. The maximum absolute atomic E-state index is 10.9. The number of carboxylic acid groups (broad SMARTS) is 1. The van der Waals surface area contributed by atoms with E-state index in [4.69, 9.17) is 5.11 Å². The second-order valence-electron chi connectivity index (χ2n) is 2.20. The van der Waals surface area contributed by atoms with Crippen molar-refractivity contribution in [3.63, 3.8) is 0 Å². The van der Waals surface area contributed by atoms with Crippen molar-refractivity contribution >= 4 is 11.9 Å². The van der Waals surface area contributed by atoms with Crippen molar-refractivity contribution in [1.82, 2.24) is 0 Å². The average molecular weight is 172 g/mol. The average Bonchev–Trinajstić information content (AvgIpc) is 2.01. The van der Waals surface area contributed by atoms with Crippen molar-refractivity contribution < 1.29 is 19.4 Å². The fraction of sp³-hybridized carbons (Fsp3) is 0.500. The standard InChI is InChI=1S/C8H12O4/c1-3-4-6(5-7(9)10)8(11)12-2/h4H,3,5H2,1-2H3,(H,9,10)/b6-4+. The molecule has 4 nitrogen and oxygen atoms in total. The van der Waals surface area contributed by atoms with E-state index in [0.29, 0.717) is 6.42 Å². The van der Waals surface area contributed by atoms with E-state index in [1.165, 1.54) is 7.11 Å². The molecule has 0 saturated heterocycles. The summed E-state index contributed by atoms with van der Waals surface area (Å²) in [7, 11) is 1.23. The SMILES string of the molecule is CC/C=C(\CC(=O)O)C(=O)OC. The third-order valence-electron chi connectivity index (χ3n) is 1.24. The minimum atomic E-state index is -1.03. The highest BCUT2D eigenvalue weighted by Gasteiger charge is 2.12. The molecule has 0 amide bonds. The number of carboxylic acids is 1. The molecular weight excluding hydrogens is 160 g/mol. The maximum atomic E-state index is 10.9. The largest absolute Gasteiger partial charge is 0.481 e. The van der Waals surface area contributed by atoms with Crippen LogP contribution in [0.2, 0.25) is 0 Å². The number of carbonyl (C=O) groups excluding carboxylic acids is 1. The Morgan fingerprint density at radius 2 is 2.08 bits per heavy atom. The smallest absolute Gasteiger partial charge is 0.333 e. The number of aliphatic carboxylic acids is 1. The van der Waals surface area contributed by atoms with Crippen molar-refractivity contribution in [3.8, 4) is 0 Å². The molecule has 0 spiro atoms. The molecule has 1 N–H and O–H groups in total. The first-order valence-corrected chi connectivity index (χ1v) is 3.61. The van der Waals surface area contributed by atoms with Crippen LogP contribution in [0.25, 0.3) is 0 Å². The van der Waals surface area contributed by atoms with Crippen LogP contribution in [0.3, 0.4) is 0 Å². The topological polar surface area (TPSA) is 63.6 Å². The highest BCUT2D eigenvalue weighted by atomic mass is 16.5. The van der Waals surface area contributed by atoms with E-state index in [2.05, 4.69) is 4.74 Å². The summed E-state index contributed by atoms with van der Waals surface area (Å²) in [6.07, 6.45) is 1.90. The number of carbonyl (C=O) groups is 2. The van der Waals surface area contributed by atoms with Crippen molar-refractivity contribution in [3.05, 3.63) is 11.6 Å². The van der Waals surface area contributed by atoms with Crippen LogP contribution in [0, 0.1) is 0 Å². The Balaban J connectivity index is 4.34. The first kappa shape index (κ1) is 10.7. The Labute approximate surface area is 70.8 Å². The van der Waals surface area contributed by atoms with E-state index in [1.54, 1.807) is 6.08 Å². The van der Waals surface area contributed by atoms with Gasteiger partial charge in [-0.05, 0) is 6.42 Å². The lowest BCUT2D eigenvalue weighted by atomic mass is 10.1. The van der Waals surface area contributed by atoms with Crippen LogP contribution in [0.15, 0.2) is 11.6 Å². The van der Waals surface area contributed by atoms with Gasteiger partial charge in [-0.25, -0.2) is 4.79 Å². The second-order valence-corrected chi connectivity index (χ2v) is 2.20. The molecule has 0 aliphatic heterocycles. The fourth-order valence-corrected chi connectivity index (χ4v) is 0.768. The van der Waals surface area contributed by atoms with Crippen LogP contribution in [0.4, 0.5) is 0 Å². The number of methoxy groups -OCH3 is 1. The maximum Gasteiger partial charge on any atom is 0.333 e. The third-order valence-corrected chi connectivity index (χ3v) is 1.24. The number of hydrogen-bond acceptors (Lipinski definition) is 3. The number of allylic oxidation sites excluding steroid dienone is 1. The van der Waals surface area contributed by atoms with E-state index >= 15 is 0 Å². The molecule has 0 fully saturated rings. The van der Waals surface area contributed by atoms with E-state index < -0.39 is 11.9 Å². The zero-order valence-electron chi connectivity index (χ0n) is 7.16. The number of rotatable bonds is 4. The van der Waals surface area contributed by atoms with Gasteiger partial charge in [-0.3, -0.25) is 4.79 Å². The van der Waals surface area contributed by atoms with E-state index in [1.807, 2.05) is 6.92 Å². The molecule has 0 rings (SSSR count). The van der Waals surface area contributed by atoms with Crippen LogP contribution in [-0.2, 0) is 14.3 Å². The monoisotopic (exact) mass is 172 g/mol. The summed E-state index contributed by atoms with van der Waals surface area (Å²) >= 11 is 0. The number of ether oxygens (including phenoxy) is 1. The first-order valence-electron chi connectivity index (χ1n) is 3.61. The fourth-order valence-electron chi connectivity index (χ4n) is 0.768. The Kier molecular flexibility index (Phi) is 4.76. The molecule has 0 heterocycles. The second kappa shape index (κ2) is 5.35. The van der Waals surface area contributed by atoms with Gasteiger partial charge in [0, 0.05) is 5.57 Å². The van der Waals surface area contributed by atoms with Crippen LogP contribution in [0.5, 0.6) is 0 Å². The summed E-state index contributed by atoms with van der Waals surface area (Å²) < 4.78 is 4.40. The zero-order valence-corrected chi connectivity index (χ0v) is 7.16. The molecule has 0 saturated carbocycles. The lowest BCUT2D eigenvalue weighted by Crippen LogP contribution is -2.09. The lowest BCUT2D eigenvalue weighted by molar-refractivity contribution is -0.141. The summed E-state index contributed by atoms with van der Waals surface area (Å²) in [5.41, 5.74) is 0.201. The molecule has 0 unspecified atom stereocenters. The van der Waals surface area contributed by atoms with Gasteiger partial charge in [0.2, 0.25) is 0 Å². The number of hydrogen-bond donors (Lipinski definition) is 1. The van der Waals surface area contributed by atoms with Gasteiger partial charge in [-0.2, -0.15) is 0 Å². The van der Waals surface area contributed by atoms with Gasteiger partial charge in [0.1, 0.15) is 0 Å². The molecular formula is C8H12O4. The van der Waals surface area contributed by atoms with Crippen molar-refractivity contribution in [1.29, 1.82) is 0 Å². The first-order chi connectivity index (χ1) is 5.61. The molecule has 4 heteroatoms. The molecule has 0 aromatic heterocycles. The highest BCUT2D eigenvalue weighted by Crippen LogP contribution is 2.04. The minimum Gasteiger partial charge on any atom is -0.481 e. The summed E-state index contributed by atoms with van der Waals surface area (Å²) in [5, 5.41) is 8.41. The van der Waals surface area contributed by atoms with Gasteiger partial charge in [0.25, 0.3) is 0 Å². The van der Waals surface area contributed by atoms with Gasteiger partial charge in [0.15, 0.2) is 0 Å². The van der Waals surface area contributed by atoms with Crippen molar-refractivity contribution in [2.45, 2.75) is 19.8 Å². The Hall–Kier alpha value is -1.32. The Morgan fingerprint density at radius 1 is 1.50 bits per heavy atom. The molecule has 0 aromatic rings. The molecule has 68 valence electrons. The van der Waals surface area contributed by atoms with Crippen LogP contribution >= 0.6 is 0 Å². The molecule has 0 bridgehead atoms. The molecule has 0 atom stereocenters. The van der Waals surface area contributed by atoms with E-state index in [9.17, 15) is 9.59 Å². The lowest BCUT2D eigenvalue weighted by Gasteiger charge is -2.00. The number of esters is 1. The molecule has 0 aliphatic rings. The highest BCUT2D eigenvalue weighted by molar-refractivity contribution is 5.93. The van der Waals surface area contributed by atoms with Gasteiger partial charge < -0.3 is 9.84 Å². The van der Waals surface area contributed by atoms with Gasteiger partial charge in [-0.1, -0.05) is 13.0 Å².